The zero-order valence-electron chi connectivity index (χ0n) is 17.6. The van der Waals surface area contributed by atoms with E-state index < -0.39 is 0 Å². The summed E-state index contributed by atoms with van der Waals surface area (Å²) in [6.07, 6.45) is 0. The second-order valence-electron chi connectivity index (χ2n) is 7.58. The number of nitrogens with zero attached hydrogens (tertiary/aromatic N) is 3. The number of anilines is 2. The van der Waals surface area contributed by atoms with Gasteiger partial charge in [0.2, 0.25) is 5.91 Å². The molecule has 30 heavy (non-hydrogen) atoms. The summed E-state index contributed by atoms with van der Waals surface area (Å²) in [5.41, 5.74) is 6.04. The summed E-state index contributed by atoms with van der Waals surface area (Å²) >= 11 is 1.61. The van der Waals surface area contributed by atoms with Gasteiger partial charge in [-0.05, 0) is 55.5 Å². The van der Waals surface area contributed by atoms with Gasteiger partial charge in [0.25, 0.3) is 0 Å². The Kier molecular flexibility index (Phi) is 5.50. The number of thiophene rings is 1. The number of fused-ring (bicyclic) bond motifs is 1. The Balaban J connectivity index is 1.63. The number of rotatable bonds is 5. The van der Waals surface area contributed by atoms with E-state index in [1.165, 1.54) is 5.56 Å². The van der Waals surface area contributed by atoms with Gasteiger partial charge in [-0.3, -0.25) is 4.79 Å². The first kappa shape index (κ1) is 20.0. The molecule has 2 aromatic heterocycles. The molecule has 0 fully saturated rings. The van der Waals surface area contributed by atoms with Crippen molar-refractivity contribution in [2.75, 3.05) is 23.8 Å². The first-order chi connectivity index (χ1) is 14.4. The molecule has 4 rings (SSSR count). The van der Waals surface area contributed by atoms with Crippen LogP contribution in [0.5, 0.6) is 0 Å². The average molecular weight is 417 g/mol. The molecule has 0 radical (unpaired) electrons. The van der Waals surface area contributed by atoms with Crippen molar-refractivity contribution in [1.29, 1.82) is 0 Å². The summed E-state index contributed by atoms with van der Waals surface area (Å²) in [7, 11) is 1.89. The van der Waals surface area contributed by atoms with Crippen molar-refractivity contribution in [3.63, 3.8) is 0 Å². The van der Waals surface area contributed by atoms with Crippen LogP contribution in [-0.2, 0) is 4.79 Å². The Morgan fingerprint density at radius 3 is 2.50 bits per heavy atom. The first-order valence-corrected chi connectivity index (χ1v) is 10.7. The maximum atomic E-state index is 12.8. The van der Waals surface area contributed by atoms with Crippen LogP contribution in [0.3, 0.4) is 0 Å². The molecule has 0 atom stereocenters. The van der Waals surface area contributed by atoms with E-state index in [0.29, 0.717) is 5.82 Å². The second-order valence-corrected chi connectivity index (χ2v) is 8.36. The lowest BCUT2D eigenvalue weighted by Crippen LogP contribution is -2.31. The molecular weight excluding hydrogens is 392 g/mol. The van der Waals surface area contributed by atoms with Crippen molar-refractivity contribution < 1.29 is 4.79 Å². The molecule has 0 aliphatic heterocycles. The molecule has 5 nitrogen and oxygen atoms in total. The summed E-state index contributed by atoms with van der Waals surface area (Å²) in [6, 6.07) is 14.1. The zero-order valence-corrected chi connectivity index (χ0v) is 18.4. The van der Waals surface area contributed by atoms with E-state index in [-0.39, 0.29) is 12.5 Å². The van der Waals surface area contributed by atoms with E-state index in [2.05, 4.69) is 24.4 Å². The summed E-state index contributed by atoms with van der Waals surface area (Å²) < 4.78 is 0. The number of aromatic nitrogens is 2. The monoisotopic (exact) mass is 416 g/mol. The van der Waals surface area contributed by atoms with Gasteiger partial charge in [-0.1, -0.05) is 29.8 Å². The highest BCUT2D eigenvalue weighted by atomic mass is 32.1. The molecular formula is C24H24N4OS. The largest absolute Gasteiger partial charge is 0.350 e. The molecule has 0 bridgehead atoms. The number of hydrogen-bond donors (Lipinski definition) is 1. The highest BCUT2D eigenvalue weighted by molar-refractivity contribution is 7.08. The number of carbonyl (C=O) groups is 1. The molecule has 4 aromatic rings. The molecule has 2 heterocycles. The van der Waals surface area contributed by atoms with E-state index in [9.17, 15) is 4.79 Å². The lowest BCUT2D eigenvalue weighted by atomic mass is 10.1. The van der Waals surface area contributed by atoms with Crippen molar-refractivity contribution in [2.24, 2.45) is 0 Å². The van der Waals surface area contributed by atoms with Crippen LogP contribution in [0.25, 0.3) is 22.3 Å². The summed E-state index contributed by atoms with van der Waals surface area (Å²) in [5.74, 6) is 1.34. The minimum atomic E-state index is -0.0765. The highest BCUT2D eigenvalue weighted by Gasteiger charge is 2.16. The molecule has 0 spiro atoms. The quantitative estimate of drug-likeness (QED) is 0.476. The standard InChI is InChI=1S/C24H24N4OS/c1-15-11-16(2)22(17(3)12-15)26-21(29)13-28(4)24-19-7-5-6-8-20(19)25-23(27-24)18-9-10-30-14-18/h5-12,14H,13H2,1-4H3,(H,26,29). The Bertz CT molecular complexity index is 1190. The molecule has 152 valence electrons. The van der Waals surface area contributed by atoms with Crippen LogP contribution in [0.1, 0.15) is 16.7 Å². The van der Waals surface area contributed by atoms with E-state index in [1.54, 1.807) is 11.3 Å². The number of likely N-dealkylation sites (N-methyl/N-ethyl adjacent to an activating group) is 1. The molecule has 0 saturated carbocycles. The fourth-order valence-electron chi connectivity index (χ4n) is 3.72. The van der Waals surface area contributed by atoms with Gasteiger partial charge in [-0.2, -0.15) is 11.3 Å². The number of nitrogens with one attached hydrogen (secondary N) is 1. The number of hydrogen-bond acceptors (Lipinski definition) is 5. The lowest BCUT2D eigenvalue weighted by Gasteiger charge is -2.21. The number of aryl methyl sites for hydroxylation is 3. The first-order valence-electron chi connectivity index (χ1n) is 9.80. The van der Waals surface area contributed by atoms with Crippen LogP contribution in [0.4, 0.5) is 11.5 Å². The smallest absolute Gasteiger partial charge is 0.243 e. The van der Waals surface area contributed by atoms with Gasteiger partial charge in [0.15, 0.2) is 5.82 Å². The fraction of sp³-hybridized carbons (Fsp3) is 0.208. The highest BCUT2D eigenvalue weighted by Crippen LogP contribution is 2.28. The van der Waals surface area contributed by atoms with Gasteiger partial charge in [0, 0.05) is 29.1 Å². The van der Waals surface area contributed by atoms with Gasteiger partial charge in [-0.15, -0.1) is 0 Å². The van der Waals surface area contributed by atoms with E-state index in [4.69, 9.17) is 9.97 Å². The van der Waals surface area contributed by atoms with Crippen LogP contribution in [0.2, 0.25) is 0 Å². The molecule has 0 aliphatic carbocycles. The third-order valence-electron chi connectivity index (χ3n) is 5.05. The van der Waals surface area contributed by atoms with Crippen molar-refractivity contribution >= 4 is 39.7 Å². The van der Waals surface area contributed by atoms with Crippen LogP contribution in [-0.4, -0.2) is 29.5 Å². The third kappa shape index (κ3) is 4.04. The SMILES string of the molecule is Cc1cc(C)c(NC(=O)CN(C)c2nc(-c3ccsc3)nc3ccccc23)c(C)c1. The fourth-order valence-corrected chi connectivity index (χ4v) is 4.35. The molecule has 0 aliphatic rings. The third-order valence-corrected chi connectivity index (χ3v) is 5.73. The number of benzene rings is 2. The van der Waals surface area contributed by atoms with E-state index in [1.807, 2.05) is 66.9 Å². The van der Waals surface area contributed by atoms with Crippen LogP contribution in [0.15, 0.2) is 53.2 Å². The Labute approximate surface area is 180 Å². The van der Waals surface area contributed by atoms with Crippen molar-refractivity contribution in [3.05, 3.63) is 69.9 Å². The summed E-state index contributed by atoms with van der Waals surface area (Å²) in [4.78, 5) is 24.2. The Hall–Kier alpha value is -3.25. The molecule has 0 unspecified atom stereocenters. The molecule has 6 heteroatoms. The van der Waals surface area contributed by atoms with Crippen LogP contribution in [0, 0.1) is 20.8 Å². The minimum Gasteiger partial charge on any atom is -0.350 e. The van der Waals surface area contributed by atoms with Gasteiger partial charge in [0.1, 0.15) is 5.82 Å². The predicted octanol–water partition coefficient (Wildman–Crippen LogP) is 5.36. The van der Waals surface area contributed by atoms with Gasteiger partial charge in [0.05, 0.1) is 12.1 Å². The summed E-state index contributed by atoms with van der Waals surface area (Å²) in [5, 5.41) is 8.04. The second kappa shape index (κ2) is 8.24. The van der Waals surface area contributed by atoms with Crippen molar-refractivity contribution in [2.45, 2.75) is 20.8 Å². The van der Waals surface area contributed by atoms with Gasteiger partial charge in [-0.25, -0.2) is 9.97 Å². The average Bonchev–Trinajstić information content (AvgIpc) is 3.24. The van der Waals surface area contributed by atoms with Crippen molar-refractivity contribution in [3.8, 4) is 11.4 Å². The Morgan fingerprint density at radius 2 is 1.80 bits per heavy atom. The maximum absolute atomic E-state index is 12.8. The number of carbonyl (C=O) groups excluding carboxylic acids is 1. The number of amides is 1. The van der Waals surface area contributed by atoms with E-state index in [0.717, 1.165) is 39.1 Å². The van der Waals surface area contributed by atoms with Crippen LogP contribution >= 0.6 is 11.3 Å². The maximum Gasteiger partial charge on any atom is 0.243 e. The van der Waals surface area contributed by atoms with Gasteiger partial charge >= 0.3 is 0 Å². The van der Waals surface area contributed by atoms with E-state index >= 15 is 0 Å². The minimum absolute atomic E-state index is 0.0765. The van der Waals surface area contributed by atoms with Crippen LogP contribution < -0.4 is 10.2 Å². The zero-order chi connectivity index (χ0) is 21.3. The van der Waals surface area contributed by atoms with Crippen molar-refractivity contribution in [1.82, 2.24) is 9.97 Å². The normalized spacial score (nSPS) is 10.9. The lowest BCUT2D eigenvalue weighted by molar-refractivity contribution is -0.114. The Morgan fingerprint density at radius 1 is 1.07 bits per heavy atom. The molecule has 1 N–H and O–H groups in total. The molecule has 1 amide bonds. The topological polar surface area (TPSA) is 58.1 Å². The number of para-hydroxylation sites is 1. The predicted molar refractivity (Wildman–Crippen MR) is 125 cm³/mol. The van der Waals surface area contributed by atoms with Gasteiger partial charge < -0.3 is 10.2 Å². The molecule has 2 aromatic carbocycles. The summed E-state index contributed by atoms with van der Waals surface area (Å²) in [6.45, 7) is 6.29. The molecule has 0 saturated heterocycles.